The van der Waals surface area contributed by atoms with E-state index >= 15 is 0 Å². The molecule has 4 rings (SSSR count). The Labute approximate surface area is 217 Å². The van der Waals surface area contributed by atoms with Crippen molar-refractivity contribution in [3.63, 3.8) is 0 Å². The zero-order chi connectivity index (χ0) is 24.9. The quantitative estimate of drug-likeness (QED) is 0.134. The van der Waals surface area contributed by atoms with Crippen molar-refractivity contribution >= 4 is 35.0 Å². The summed E-state index contributed by atoms with van der Waals surface area (Å²) in [5, 5.41) is 21.2. The predicted octanol–water partition coefficient (Wildman–Crippen LogP) is 6.88. The monoisotopic (exact) mass is 528 g/mol. The van der Waals surface area contributed by atoms with Gasteiger partial charge in [0.25, 0.3) is 0 Å². The molecule has 0 fully saturated rings. The molecule has 0 aliphatic heterocycles. The smallest absolute Gasteiger partial charge is 0.220 e. The summed E-state index contributed by atoms with van der Waals surface area (Å²) in [5.74, 6) is 1.34. The summed E-state index contributed by atoms with van der Waals surface area (Å²) < 4.78 is 7.76. The van der Waals surface area contributed by atoms with Gasteiger partial charge in [-0.3, -0.25) is 14.7 Å². The Hall–Kier alpha value is -3.07. The fraction of sp³-hybridized carbons (Fsp3) is 0.200. The Bertz CT molecular complexity index is 1350. The minimum absolute atomic E-state index is 0.259. The van der Waals surface area contributed by atoms with Crippen LogP contribution in [-0.4, -0.2) is 26.2 Å². The average molecular weight is 529 g/mol. The van der Waals surface area contributed by atoms with E-state index in [1.54, 1.807) is 24.3 Å². The van der Waals surface area contributed by atoms with Crippen molar-refractivity contribution < 1.29 is 9.66 Å². The van der Waals surface area contributed by atoms with Gasteiger partial charge in [-0.1, -0.05) is 65.3 Å². The van der Waals surface area contributed by atoms with Crippen LogP contribution in [-0.2, 0) is 6.61 Å². The molecule has 1 heterocycles. The highest BCUT2D eigenvalue weighted by Gasteiger charge is 2.24. The molecular formula is C25H22Cl2N4O3S. The molecule has 0 bridgehead atoms. The molecule has 4 aromatic rings. The van der Waals surface area contributed by atoms with Crippen LogP contribution in [0.25, 0.3) is 5.69 Å². The van der Waals surface area contributed by atoms with Gasteiger partial charge in [-0.15, -0.1) is 10.2 Å². The van der Waals surface area contributed by atoms with Gasteiger partial charge in [-0.05, 0) is 61.4 Å². The highest BCUT2D eigenvalue weighted by atomic mass is 35.5. The average Bonchev–Trinajstić information content (AvgIpc) is 3.18. The standard InChI is InChI=1S/C25H22Cl2N4O3S/c1-16-4-3-5-21(12-16)31-17(2)28-29-25(31)35-24(14-30(32)33)18-7-10-22(11-8-18)34-15-19-6-9-20(26)13-23(19)27/h3-13,24H,14-15H2,1-2H3/t24-/m1/s1. The van der Waals surface area contributed by atoms with Gasteiger partial charge >= 0.3 is 0 Å². The second-order valence-electron chi connectivity index (χ2n) is 7.92. The summed E-state index contributed by atoms with van der Waals surface area (Å²) >= 11 is 13.5. The molecule has 0 radical (unpaired) electrons. The number of hydrogen-bond acceptors (Lipinski definition) is 6. The first-order valence-electron chi connectivity index (χ1n) is 10.7. The third kappa shape index (κ3) is 6.33. The van der Waals surface area contributed by atoms with E-state index in [-0.39, 0.29) is 18.1 Å². The van der Waals surface area contributed by atoms with Gasteiger partial charge in [-0.2, -0.15) is 0 Å². The van der Waals surface area contributed by atoms with Crippen LogP contribution < -0.4 is 4.74 Å². The molecule has 3 aromatic carbocycles. The fourth-order valence-corrected chi connectivity index (χ4v) is 5.17. The van der Waals surface area contributed by atoms with Crippen LogP contribution in [0.2, 0.25) is 10.0 Å². The highest BCUT2D eigenvalue weighted by molar-refractivity contribution is 7.99. The van der Waals surface area contributed by atoms with Crippen molar-refractivity contribution in [1.29, 1.82) is 0 Å². The zero-order valence-corrected chi connectivity index (χ0v) is 21.3. The second kappa shape index (κ2) is 11.1. The molecule has 35 heavy (non-hydrogen) atoms. The molecule has 0 saturated heterocycles. The lowest BCUT2D eigenvalue weighted by atomic mass is 10.1. The molecule has 1 aromatic heterocycles. The topological polar surface area (TPSA) is 83.1 Å². The predicted molar refractivity (Wildman–Crippen MR) is 139 cm³/mol. The van der Waals surface area contributed by atoms with Crippen LogP contribution in [0.3, 0.4) is 0 Å². The van der Waals surface area contributed by atoms with E-state index in [1.165, 1.54) is 11.8 Å². The van der Waals surface area contributed by atoms with Crippen molar-refractivity contribution in [2.24, 2.45) is 0 Å². The maximum atomic E-state index is 11.5. The molecule has 0 saturated carbocycles. The Kier molecular flexibility index (Phi) is 7.95. The summed E-state index contributed by atoms with van der Waals surface area (Å²) in [5.41, 5.74) is 3.62. The number of hydrogen-bond donors (Lipinski definition) is 0. The van der Waals surface area contributed by atoms with E-state index in [9.17, 15) is 10.1 Å². The van der Waals surface area contributed by atoms with E-state index < -0.39 is 5.25 Å². The number of halogens is 2. The molecule has 7 nitrogen and oxygen atoms in total. The summed E-state index contributed by atoms with van der Waals surface area (Å²) in [6.45, 7) is 3.89. The van der Waals surface area contributed by atoms with E-state index in [0.717, 1.165) is 22.4 Å². The van der Waals surface area contributed by atoms with E-state index in [2.05, 4.69) is 10.2 Å². The van der Waals surface area contributed by atoms with Gasteiger partial charge in [-0.25, -0.2) is 0 Å². The largest absolute Gasteiger partial charge is 0.489 e. The minimum Gasteiger partial charge on any atom is -0.489 e. The van der Waals surface area contributed by atoms with Gasteiger partial charge in [0, 0.05) is 26.2 Å². The van der Waals surface area contributed by atoms with Gasteiger partial charge in [0.05, 0.1) is 0 Å². The Morgan fingerprint density at radius 1 is 1.06 bits per heavy atom. The van der Waals surface area contributed by atoms with Crippen LogP contribution in [0.4, 0.5) is 0 Å². The van der Waals surface area contributed by atoms with Gasteiger partial charge < -0.3 is 4.74 Å². The van der Waals surface area contributed by atoms with Crippen molar-refractivity contribution in [3.8, 4) is 11.4 Å². The molecule has 10 heteroatoms. The summed E-state index contributed by atoms with van der Waals surface area (Å²) in [6.07, 6.45) is 0. The lowest BCUT2D eigenvalue weighted by molar-refractivity contribution is -0.479. The van der Waals surface area contributed by atoms with Crippen LogP contribution in [0.5, 0.6) is 5.75 Å². The molecule has 0 spiro atoms. The first kappa shape index (κ1) is 25.0. The molecule has 0 aliphatic carbocycles. The molecule has 0 amide bonds. The van der Waals surface area contributed by atoms with E-state index in [1.807, 2.05) is 60.9 Å². The first-order valence-corrected chi connectivity index (χ1v) is 12.4. The summed E-state index contributed by atoms with van der Waals surface area (Å²) in [7, 11) is 0. The molecule has 1 atom stereocenters. The van der Waals surface area contributed by atoms with Crippen molar-refractivity contribution in [2.75, 3.05) is 6.54 Å². The third-order valence-corrected chi connectivity index (χ3v) is 7.05. The van der Waals surface area contributed by atoms with Crippen LogP contribution in [0.15, 0.2) is 71.9 Å². The number of rotatable bonds is 9. The third-order valence-electron chi connectivity index (χ3n) is 5.28. The molecule has 0 N–H and O–H groups in total. The number of aryl methyl sites for hydroxylation is 2. The lowest BCUT2D eigenvalue weighted by Crippen LogP contribution is -2.11. The van der Waals surface area contributed by atoms with Crippen LogP contribution >= 0.6 is 35.0 Å². The minimum atomic E-state index is -0.461. The van der Waals surface area contributed by atoms with Crippen LogP contribution in [0, 0.1) is 24.0 Å². The van der Waals surface area contributed by atoms with Crippen molar-refractivity contribution in [2.45, 2.75) is 30.9 Å². The number of benzene rings is 3. The van der Waals surface area contributed by atoms with Crippen LogP contribution in [0.1, 0.15) is 27.8 Å². The first-order chi connectivity index (χ1) is 16.8. The number of ether oxygens (including phenoxy) is 1. The number of thioether (sulfide) groups is 1. The Morgan fingerprint density at radius 3 is 2.51 bits per heavy atom. The Morgan fingerprint density at radius 2 is 1.83 bits per heavy atom. The van der Waals surface area contributed by atoms with Gasteiger partial charge in [0.2, 0.25) is 6.54 Å². The molecule has 180 valence electrons. The molecule has 0 unspecified atom stereocenters. The molecular weight excluding hydrogens is 507 g/mol. The van der Waals surface area contributed by atoms with E-state index in [4.69, 9.17) is 27.9 Å². The van der Waals surface area contributed by atoms with Crippen molar-refractivity contribution in [1.82, 2.24) is 14.8 Å². The van der Waals surface area contributed by atoms with Gasteiger partial charge in [0.1, 0.15) is 23.4 Å². The fourth-order valence-electron chi connectivity index (χ4n) is 3.54. The summed E-state index contributed by atoms with van der Waals surface area (Å²) in [4.78, 5) is 11.1. The zero-order valence-electron chi connectivity index (χ0n) is 19.0. The van der Waals surface area contributed by atoms with Gasteiger partial charge in [0.15, 0.2) is 5.16 Å². The summed E-state index contributed by atoms with van der Waals surface area (Å²) in [6, 6.07) is 20.5. The second-order valence-corrected chi connectivity index (χ2v) is 9.93. The number of nitro groups is 1. The number of aromatic nitrogens is 3. The van der Waals surface area contributed by atoms with E-state index in [0.29, 0.717) is 26.8 Å². The highest BCUT2D eigenvalue weighted by Crippen LogP contribution is 2.36. The maximum Gasteiger partial charge on any atom is 0.220 e. The maximum absolute atomic E-state index is 11.5. The SMILES string of the molecule is Cc1cccc(-n2c(C)nnc2S[C@H](C[N+](=O)[O-])c2ccc(OCc3ccc(Cl)cc3Cl)cc2)c1. The Balaban J connectivity index is 1.53. The normalized spacial score (nSPS) is 11.9. The number of nitrogens with zero attached hydrogens (tertiary/aromatic N) is 4. The molecule has 0 aliphatic rings. The lowest BCUT2D eigenvalue weighted by Gasteiger charge is -2.15. The van der Waals surface area contributed by atoms with Crippen molar-refractivity contribution in [3.05, 3.63) is 109 Å².